The smallest absolute Gasteiger partial charge is 0.246 e. The van der Waals surface area contributed by atoms with E-state index in [4.69, 9.17) is 0 Å². The van der Waals surface area contributed by atoms with Gasteiger partial charge in [0.05, 0.1) is 0 Å². The van der Waals surface area contributed by atoms with Crippen LogP contribution < -0.4 is 5.32 Å². The van der Waals surface area contributed by atoms with Gasteiger partial charge < -0.3 is 10.2 Å². The van der Waals surface area contributed by atoms with Gasteiger partial charge >= 0.3 is 0 Å². The van der Waals surface area contributed by atoms with E-state index in [1.165, 1.54) is 5.56 Å². The maximum absolute atomic E-state index is 12.7. The molecular weight excluding hydrogens is 284 g/mol. The van der Waals surface area contributed by atoms with Crippen molar-refractivity contribution in [3.63, 3.8) is 0 Å². The lowest BCUT2D eigenvalue weighted by Gasteiger charge is -2.46. The molecule has 5 heteroatoms. The highest BCUT2D eigenvalue weighted by Gasteiger charge is 2.56. The first-order valence-corrected chi connectivity index (χ1v) is 8.65. The molecule has 1 aliphatic carbocycles. The molecule has 2 heterocycles. The molecule has 1 saturated carbocycles. The molecule has 3 rings (SSSR count). The van der Waals surface area contributed by atoms with E-state index in [2.05, 4.69) is 22.1 Å². The molecular formula is C16H22N2O2S. The molecule has 2 unspecified atom stereocenters. The van der Waals surface area contributed by atoms with Crippen molar-refractivity contribution in [2.24, 2.45) is 5.92 Å². The topological polar surface area (TPSA) is 49.4 Å². The van der Waals surface area contributed by atoms with Gasteiger partial charge in [-0.15, -0.1) is 0 Å². The molecule has 4 nitrogen and oxygen atoms in total. The van der Waals surface area contributed by atoms with Crippen LogP contribution in [0.4, 0.5) is 0 Å². The Hall–Kier alpha value is -1.36. The Morgan fingerprint density at radius 2 is 2.19 bits per heavy atom. The first-order chi connectivity index (χ1) is 10.1. The van der Waals surface area contributed by atoms with Crippen molar-refractivity contribution in [2.75, 3.05) is 6.54 Å². The van der Waals surface area contributed by atoms with E-state index in [1.807, 2.05) is 18.7 Å². The Labute approximate surface area is 129 Å². The molecule has 2 atom stereocenters. The van der Waals surface area contributed by atoms with E-state index in [0.29, 0.717) is 18.9 Å². The van der Waals surface area contributed by atoms with Gasteiger partial charge in [0.15, 0.2) is 0 Å². The molecule has 0 spiro atoms. The number of hydrogen-bond acceptors (Lipinski definition) is 3. The minimum atomic E-state index is -0.654. The Balaban J connectivity index is 1.83. The van der Waals surface area contributed by atoms with Crippen molar-refractivity contribution in [1.82, 2.24) is 10.2 Å². The summed E-state index contributed by atoms with van der Waals surface area (Å²) in [7, 11) is 0. The standard InChI is InChI=1S/C16H22N2O2S/c1-3-13-14(19)18(8-6-11-7-9-21-10-11)16(2,12-4-5-12)15(20)17-13/h7,9-10,12-13H,3-6,8H2,1-2H3,(H,17,20). The number of rotatable bonds is 5. The summed E-state index contributed by atoms with van der Waals surface area (Å²) < 4.78 is 0. The highest BCUT2D eigenvalue weighted by atomic mass is 32.1. The molecule has 2 amide bonds. The molecule has 1 aliphatic heterocycles. The van der Waals surface area contributed by atoms with Crippen LogP contribution >= 0.6 is 11.3 Å². The number of amides is 2. The van der Waals surface area contributed by atoms with Gasteiger partial charge in [0.2, 0.25) is 11.8 Å². The van der Waals surface area contributed by atoms with E-state index in [1.54, 1.807) is 11.3 Å². The fourth-order valence-electron chi connectivity index (χ4n) is 3.25. The zero-order chi connectivity index (χ0) is 15.0. The molecule has 114 valence electrons. The number of carbonyl (C=O) groups excluding carboxylic acids is 2. The summed E-state index contributed by atoms with van der Waals surface area (Å²) in [5.41, 5.74) is 0.587. The largest absolute Gasteiger partial charge is 0.342 e. The highest BCUT2D eigenvalue weighted by molar-refractivity contribution is 7.07. The number of nitrogens with zero attached hydrogens (tertiary/aromatic N) is 1. The number of thiophene rings is 1. The third-order valence-corrected chi connectivity index (χ3v) is 5.61. The number of nitrogens with one attached hydrogen (secondary N) is 1. The quantitative estimate of drug-likeness (QED) is 0.906. The summed E-state index contributed by atoms with van der Waals surface area (Å²) in [5.74, 6) is 0.435. The molecule has 0 bridgehead atoms. The molecule has 0 radical (unpaired) electrons. The summed E-state index contributed by atoms with van der Waals surface area (Å²) in [4.78, 5) is 27.2. The van der Waals surface area contributed by atoms with Gasteiger partial charge in [-0.25, -0.2) is 0 Å². The van der Waals surface area contributed by atoms with Crippen LogP contribution in [0.25, 0.3) is 0 Å². The minimum Gasteiger partial charge on any atom is -0.342 e. The second kappa shape index (κ2) is 5.44. The van der Waals surface area contributed by atoms with Gasteiger partial charge in [-0.1, -0.05) is 6.92 Å². The molecule has 1 saturated heterocycles. The van der Waals surface area contributed by atoms with Crippen LogP contribution in [0.3, 0.4) is 0 Å². The fourth-order valence-corrected chi connectivity index (χ4v) is 3.95. The first kappa shape index (κ1) is 14.6. The van der Waals surface area contributed by atoms with Crippen LogP contribution in [0.2, 0.25) is 0 Å². The Morgan fingerprint density at radius 3 is 2.76 bits per heavy atom. The molecule has 2 aliphatic rings. The van der Waals surface area contributed by atoms with Crippen LogP contribution in [0.5, 0.6) is 0 Å². The van der Waals surface area contributed by atoms with Crippen molar-refractivity contribution in [3.8, 4) is 0 Å². The maximum atomic E-state index is 12.7. The Kier molecular flexibility index (Phi) is 3.78. The zero-order valence-corrected chi connectivity index (χ0v) is 13.4. The monoisotopic (exact) mass is 306 g/mol. The highest BCUT2D eigenvalue weighted by Crippen LogP contribution is 2.45. The van der Waals surface area contributed by atoms with E-state index in [0.717, 1.165) is 19.3 Å². The molecule has 1 N–H and O–H groups in total. The summed E-state index contributed by atoms with van der Waals surface area (Å²) in [6.07, 6.45) is 3.56. The van der Waals surface area contributed by atoms with E-state index in [-0.39, 0.29) is 17.9 Å². The average Bonchev–Trinajstić information content (AvgIpc) is 3.21. The van der Waals surface area contributed by atoms with Crippen molar-refractivity contribution in [3.05, 3.63) is 22.4 Å². The fraction of sp³-hybridized carbons (Fsp3) is 0.625. The predicted molar refractivity (Wildman–Crippen MR) is 83.1 cm³/mol. The van der Waals surface area contributed by atoms with Crippen LogP contribution in [0.1, 0.15) is 38.7 Å². The van der Waals surface area contributed by atoms with Gasteiger partial charge in [-0.05, 0) is 60.9 Å². The van der Waals surface area contributed by atoms with Gasteiger partial charge in [0.1, 0.15) is 11.6 Å². The Bertz CT molecular complexity index is 538. The van der Waals surface area contributed by atoms with Crippen molar-refractivity contribution >= 4 is 23.2 Å². The number of hydrogen-bond donors (Lipinski definition) is 1. The molecule has 2 fully saturated rings. The molecule has 1 aromatic rings. The summed E-state index contributed by atoms with van der Waals surface area (Å²) in [5, 5.41) is 7.08. The van der Waals surface area contributed by atoms with Crippen LogP contribution in [0, 0.1) is 5.92 Å². The summed E-state index contributed by atoms with van der Waals surface area (Å²) in [6, 6.07) is 1.73. The average molecular weight is 306 g/mol. The molecule has 1 aromatic heterocycles. The lowest BCUT2D eigenvalue weighted by atomic mass is 9.87. The summed E-state index contributed by atoms with van der Waals surface area (Å²) in [6.45, 7) is 4.52. The summed E-state index contributed by atoms with van der Waals surface area (Å²) >= 11 is 1.67. The van der Waals surface area contributed by atoms with Crippen LogP contribution in [0.15, 0.2) is 16.8 Å². The van der Waals surface area contributed by atoms with Crippen LogP contribution in [-0.4, -0.2) is 34.8 Å². The number of carbonyl (C=O) groups is 2. The lowest BCUT2D eigenvalue weighted by molar-refractivity contribution is -0.158. The maximum Gasteiger partial charge on any atom is 0.246 e. The SMILES string of the molecule is CCC1NC(=O)C(C)(C2CC2)N(CCc2ccsc2)C1=O. The molecule has 21 heavy (non-hydrogen) atoms. The van der Waals surface area contributed by atoms with Gasteiger partial charge in [0, 0.05) is 6.54 Å². The van der Waals surface area contributed by atoms with E-state index >= 15 is 0 Å². The van der Waals surface area contributed by atoms with Crippen molar-refractivity contribution in [1.29, 1.82) is 0 Å². The number of piperazine rings is 1. The molecule has 0 aromatic carbocycles. The van der Waals surface area contributed by atoms with Gasteiger partial charge in [-0.3, -0.25) is 9.59 Å². The third-order valence-electron chi connectivity index (χ3n) is 4.87. The second-order valence-corrected chi connectivity index (χ2v) is 7.01. The van der Waals surface area contributed by atoms with Gasteiger partial charge in [0.25, 0.3) is 0 Å². The van der Waals surface area contributed by atoms with Crippen molar-refractivity contribution < 1.29 is 9.59 Å². The zero-order valence-electron chi connectivity index (χ0n) is 12.6. The third kappa shape index (κ3) is 2.48. The minimum absolute atomic E-state index is 0.0294. The van der Waals surface area contributed by atoms with E-state index in [9.17, 15) is 9.59 Å². The van der Waals surface area contributed by atoms with Crippen molar-refractivity contribution in [2.45, 2.75) is 51.1 Å². The lowest BCUT2D eigenvalue weighted by Crippen LogP contribution is -2.70. The van der Waals surface area contributed by atoms with E-state index < -0.39 is 5.54 Å². The first-order valence-electron chi connectivity index (χ1n) is 7.71. The Morgan fingerprint density at radius 1 is 1.43 bits per heavy atom. The van der Waals surface area contributed by atoms with Gasteiger partial charge in [-0.2, -0.15) is 11.3 Å². The second-order valence-electron chi connectivity index (χ2n) is 6.23. The van der Waals surface area contributed by atoms with Crippen LogP contribution in [-0.2, 0) is 16.0 Å². The predicted octanol–water partition coefficient (Wildman–Crippen LogP) is 2.20. The normalized spacial score (nSPS) is 29.6.